The largest absolute Gasteiger partial charge is 0.342 e. The van der Waals surface area contributed by atoms with Crippen LogP contribution in [0.15, 0.2) is 30.3 Å². The molecule has 0 spiro atoms. The van der Waals surface area contributed by atoms with E-state index in [4.69, 9.17) is 0 Å². The van der Waals surface area contributed by atoms with E-state index in [1.807, 2.05) is 54.1 Å². The molecule has 27 heavy (non-hydrogen) atoms. The molecule has 150 valence electrons. The molecule has 1 unspecified atom stereocenters. The van der Waals surface area contributed by atoms with Gasteiger partial charge in [-0.15, -0.1) is 12.4 Å². The lowest BCUT2D eigenvalue weighted by Crippen LogP contribution is -2.54. The van der Waals surface area contributed by atoms with Gasteiger partial charge in [-0.2, -0.15) is 0 Å². The standard InChI is InChI=1S/C21H31N3O2.ClH/c1-21(20(26)23-13-9-17(10-14-23)15-22-2)11-6-12-24(16-21)19(25)18-7-4-3-5-8-18;/h3-5,7-8,17,22H,6,9-16H2,1-2H3;1H. The summed E-state index contributed by atoms with van der Waals surface area (Å²) in [5.41, 5.74) is 0.246. The van der Waals surface area contributed by atoms with Crippen LogP contribution in [0, 0.1) is 11.3 Å². The maximum absolute atomic E-state index is 13.2. The summed E-state index contributed by atoms with van der Waals surface area (Å²) in [6.45, 7) is 6.01. The number of halogens is 1. The Morgan fingerprint density at radius 3 is 2.41 bits per heavy atom. The van der Waals surface area contributed by atoms with Crippen molar-refractivity contribution in [3.63, 3.8) is 0 Å². The first-order valence-corrected chi connectivity index (χ1v) is 9.82. The fraction of sp³-hybridized carbons (Fsp3) is 0.619. The predicted octanol–water partition coefficient (Wildman–Crippen LogP) is 2.81. The normalized spacial score (nSPS) is 23.6. The molecular weight excluding hydrogens is 362 g/mol. The van der Waals surface area contributed by atoms with Crippen LogP contribution in [0.2, 0.25) is 0 Å². The van der Waals surface area contributed by atoms with Crippen molar-refractivity contribution in [3.05, 3.63) is 35.9 Å². The van der Waals surface area contributed by atoms with E-state index >= 15 is 0 Å². The van der Waals surface area contributed by atoms with Crippen LogP contribution in [0.25, 0.3) is 0 Å². The lowest BCUT2D eigenvalue weighted by molar-refractivity contribution is -0.145. The molecule has 0 aliphatic carbocycles. The number of nitrogens with zero attached hydrogens (tertiary/aromatic N) is 2. The van der Waals surface area contributed by atoms with Gasteiger partial charge >= 0.3 is 0 Å². The van der Waals surface area contributed by atoms with Crippen LogP contribution >= 0.6 is 12.4 Å². The van der Waals surface area contributed by atoms with E-state index in [1.54, 1.807) is 0 Å². The quantitative estimate of drug-likeness (QED) is 0.855. The molecule has 3 rings (SSSR count). The Balaban J connectivity index is 0.00000261. The van der Waals surface area contributed by atoms with Gasteiger partial charge in [-0.3, -0.25) is 9.59 Å². The zero-order chi connectivity index (χ0) is 18.6. The Kier molecular flexibility index (Phi) is 7.68. The second-order valence-electron chi connectivity index (χ2n) is 8.05. The van der Waals surface area contributed by atoms with E-state index in [0.29, 0.717) is 18.0 Å². The molecule has 2 heterocycles. The SMILES string of the molecule is CNCC1CCN(C(=O)C2(C)CCCN(C(=O)c3ccccc3)C2)CC1.Cl. The highest BCUT2D eigenvalue weighted by atomic mass is 35.5. The first-order chi connectivity index (χ1) is 12.5. The van der Waals surface area contributed by atoms with E-state index in [9.17, 15) is 9.59 Å². The van der Waals surface area contributed by atoms with Crippen LogP contribution in [0.4, 0.5) is 0 Å². The van der Waals surface area contributed by atoms with Gasteiger partial charge in [-0.05, 0) is 64.3 Å². The van der Waals surface area contributed by atoms with Crippen molar-refractivity contribution in [1.29, 1.82) is 0 Å². The maximum Gasteiger partial charge on any atom is 0.253 e. The van der Waals surface area contributed by atoms with Crippen molar-refractivity contribution in [2.24, 2.45) is 11.3 Å². The minimum absolute atomic E-state index is 0. The van der Waals surface area contributed by atoms with Crippen LogP contribution in [0.5, 0.6) is 0 Å². The summed E-state index contributed by atoms with van der Waals surface area (Å²) in [7, 11) is 1.99. The summed E-state index contributed by atoms with van der Waals surface area (Å²) in [5, 5.41) is 3.24. The number of likely N-dealkylation sites (tertiary alicyclic amines) is 2. The fourth-order valence-corrected chi connectivity index (χ4v) is 4.36. The number of benzene rings is 1. The average Bonchev–Trinajstić information content (AvgIpc) is 2.68. The van der Waals surface area contributed by atoms with E-state index in [0.717, 1.165) is 51.9 Å². The minimum atomic E-state index is -0.460. The summed E-state index contributed by atoms with van der Waals surface area (Å²) < 4.78 is 0. The predicted molar refractivity (Wildman–Crippen MR) is 110 cm³/mol. The first kappa shape index (κ1) is 21.7. The van der Waals surface area contributed by atoms with Crippen LogP contribution in [-0.2, 0) is 4.79 Å². The molecule has 0 saturated carbocycles. The molecule has 5 nitrogen and oxygen atoms in total. The number of rotatable bonds is 4. The fourth-order valence-electron chi connectivity index (χ4n) is 4.36. The molecule has 0 bridgehead atoms. The second kappa shape index (κ2) is 9.56. The molecule has 2 fully saturated rings. The zero-order valence-corrected chi connectivity index (χ0v) is 17.3. The monoisotopic (exact) mass is 393 g/mol. The number of carbonyl (C=O) groups excluding carboxylic acids is 2. The van der Waals surface area contributed by atoms with Crippen molar-refractivity contribution in [2.45, 2.75) is 32.6 Å². The summed E-state index contributed by atoms with van der Waals surface area (Å²) in [6, 6.07) is 9.39. The van der Waals surface area contributed by atoms with Crippen LogP contribution in [0.1, 0.15) is 43.0 Å². The number of carbonyl (C=O) groups is 2. The summed E-state index contributed by atoms with van der Waals surface area (Å²) in [4.78, 5) is 29.9. The first-order valence-electron chi connectivity index (χ1n) is 9.82. The number of piperidine rings is 2. The van der Waals surface area contributed by atoms with E-state index in [-0.39, 0.29) is 24.2 Å². The third kappa shape index (κ3) is 5.02. The van der Waals surface area contributed by atoms with Gasteiger partial charge in [0.2, 0.25) is 5.91 Å². The molecular formula is C21H32ClN3O2. The number of nitrogens with one attached hydrogen (secondary N) is 1. The summed E-state index contributed by atoms with van der Waals surface area (Å²) in [5.74, 6) is 0.933. The van der Waals surface area contributed by atoms with Crippen molar-refractivity contribution in [2.75, 3.05) is 39.8 Å². The van der Waals surface area contributed by atoms with Gasteiger partial charge in [0.25, 0.3) is 5.91 Å². The minimum Gasteiger partial charge on any atom is -0.342 e. The molecule has 2 aliphatic heterocycles. The molecule has 1 atom stereocenters. The van der Waals surface area contributed by atoms with E-state index in [2.05, 4.69) is 5.32 Å². The zero-order valence-electron chi connectivity index (χ0n) is 16.4. The van der Waals surface area contributed by atoms with Gasteiger partial charge in [0.1, 0.15) is 0 Å². The Labute approximate surface area is 168 Å². The lowest BCUT2D eigenvalue weighted by Gasteiger charge is -2.43. The Bertz CT molecular complexity index is 632. The average molecular weight is 394 g/mol. The molecule has 2 aliphatic rings. The van der Waals surface area contributed by atoms with Gasteiger partial charge in [0, 0.05) is 31.7 Å². The third-order valence-electron chi connectivity index (χ3n) is 5.92. The van der Waals surface area contributed by atoms with E-state index < -0.39 is 5.41 Å². The summed E-state index contributed by atoms with van der Waals surface area (Å²) >= 11 is 0. The second-order valence-corrected chi connectivity index (χ2v) is 8.05. The van der Waals surface area contributed by atoms with Crippen molar-refractivity contribution >= 4 is 24.2 Å². The van der Waals surface area contributed by atoms with Crippen LogP contribution in [0.3, 0.4) is 0 Å². The van der Waals surface area contributed by atoms with Gasteiger partial charge < -0.3 is 15.1 Å². The van der Waals surface area contributed by atoms with Crippen LogP contribution < -0.4 is 5.32 Å². The highest BCUT2D eigenvalue weighted by Gasteiger charge is 2.42. The molecule has 1 aromatic rings. The third-order valence-corrected chi connectivity index (χ3v) is 5.92. The molecule has 6 heteroatoms. The Hall–Kier alpha value is -1.59. The van der Waals surface area contributed by atoms with Crippen molar-refractivity contribution in [1.82, 2.24) is 15.1 Å². The molecule has 1 N–H and O–H groups in total. The lowest BCUT2D eigenvalue weighted by atomic mass is 9.79. The van der Waals surface area contributed by atoms with Gasteiger partial charge in [-0.1, -0.05) is 18.2 Å². The topological polar surface area (TPSA) is 52.7 Å². The van der Waals surface area contributed by atoms with Crippen molar-refractivity contribution in [3.8, 4) is 0 Å². The van der Waals surface area contributed by atoms with Gasteiger partial charge in [0.05, 0.1) is 5.41 Å². The van der Waals surface area contributed by atoms with Gasteiger partial charge in [0.15, 0.2) is 0 Å². The smallest absolute Gasteiger partial charge is 0.253 e. The molecule has 2 amide bonds. The number of hydrogen-bond donors (Lipinski definition) is 1. The van der Waals surface area contributed by atoms with Crippen molar-refractivity contribution < 1.29 is 9.59 Å². The maximum atomic E-state index is 13.2. The number of amides is 2. The Morgan fingerprint density at radius 1 is 1.11 bits per heavy atom. The van der Waals surface area contributed by atoms with E-state index in [1.165, 1.54) is 0 Å². The Morgan fingerprint density at radius 2 is 1.78 bits per heavy atom. The highest BCUT2D eigenvalue weighted by Crippen LogP contribution is 2.33. The molecule has 0 aromatic heterocycles. The molecule has 0 radical (unpaired) electrons. The summed E-state index contributed by atoms with van der Waals surface area (Å²) in [6.07, 6.45) is 3.88. The molecule has 2 saturated heterocycles. The highest BCUT2D eigenvalue weighted by molar-refractivity contribution is 5.95. The van der Waals surface area contributed by atoms with Gasteiger partial charge in [-0.25, -0.2) is 0 Å². The van der Waals surface area contributed by atoms with Crippen LogP contribution in [-0.4, -0.2) is 61.4 Å². The number of hydrogen-bond acceptors (Lipinski definition) is 3. The molecule has 1 aromatic carbocycles.